The van der Waals surface area contributed by atoms with Gasteiger partial charge in [-0.2, -0.15) is 0 Å². The Morgan fingerprint density at radius 1 is 0.944 bits per heavy atom. The van der Waals surface area contributed by atoms with Crippen LogP contribution in [0, 0.1) is 0 Å². The van der Waals surface area contributed by atoms with Gasteiger partial charge in [0.05, 0.1) is 25.1 Å². The fraction of sp³-hybridized carbons (Fsp3) is 0.231. The summed E-state index contributed by atoms with van der Waals surface area (Å²) in [6, 6.07) is 20.9. The number of carboxylic acid groups (broad SMARTS) is 2. The molecule has 2 aromatic heterocycles. The highest BCUT2D eigenvalue weighted by Crippen LogP contribution is 2.37. The molecule has 0 atom stereocenters. The Balaban J connectivity index is 0.000000455. The smallest absolute Gasteiger partial charge is 0.414 e. The Bertz CT molecular complexity index is 1300. The van der Waals surface area contributed by atoms with Crippen molar-refractivity contribution in [3.8, 4) is 11.1 Å². The number of hydrogen-bond donors (Lipinski definition) is 3. The van der Waals surface area contributed by atoms with E-state index in [2.05, 4.69) is 64.1 Å². The van der Waals surface area contributed by atoms with Crippen molar-refractivity contribution in [3.05, 3.63) is 77.4 Å². The van der Waals surface area contributed by atoms with Gasteiger partial charge < -0.3 is 20.3 Å². The van der Waals surface area contributed by atoms with Gasteiger partial charge in [-0.1, -0.05) is 60.7 Å². The summed E-state index contributed by atoms with van der Waals surface area (Å²) in [6.07, 6.45) is 0. The van der Waals surface area contributed by atoms with Gasteiger partial charge in [-0.15, -0.1) is 11.3 Å². The summed E-state index contributed by atoms with van der Waals surface area (Å²) in [4.78, 5) is 31.5. The molecule has 36 heavy (non-hydrogen) atoms. The van der Waals surface area contributed by atoms with Gasteiger partial charge in [0.1, 0.15) is 16.5 Å². The minimum Gasteiger partial charge on any atom is -0.473 e. The molecule has 0 radical (unpaired) electrons. The van der Waals surface area contributed by atoms with Crippen LogP contribution in [0.15, 0.2) is 66.0 Å². The number of rotatable bonds is 6. The minimum absolute atomic E-state index is 0.730. The van der Waals surface area contributed by atoms with Crippen LogP contribution in [0.3, 0.4) is 0 Å². The largest absolute Gasteiger partial charge is 0.473 e. The number of anilines is 1. The summed E-state index contributed by atoms with van der Waals surface area (Å²) in [5, 5.41) is 21.7. The van der Waals surface area contributed by atoms with Crippen molar-refractivity contribution in [2.75, 3.05) is 31.6 Å². The molecule has 5 rings (SSSR count). The number of nitrogens with zero attached hydrogens (tertiary/aromatic N) is 3. The Morgan fingerprint density at radius 2 is 1.58 bits per heavy atom. The second-order valence-electron chi connectivity index (χ2n) is 8.02. The lowest BCUT2D eigenvalue weighted by Gasteiger charge is -2.25. The second kappa shape index (κ2) is 12.2. The van der Waals surface area contributed by atoms with Gasteiger partial charge in [-0.3, -0.25) is 4.90 Å². The van der Waals surface area contributed by atoms with Crippen LogP contribution in [0.5, 0.6) is 0 Å². The van der Waals surface area contributed by atoms with E-state index in [0.717, 1.165) is 61.3 Å². The Kier molecular flexibility index (Phi) is 8.56. The van der Waals surface area contributed by atoms with E-state index in [1.165, 1.54) is 16.7 Å². The zero-order chi connectivity index (χ0) is 25.3. The number of benzene rings is 2. The van der Waals surface area contributed by atoms with Gasteiger partial charge in [0.15, 0.2) is 0 Å². The third kappa shape index (κ3) is 6.63. The number of ether oxygens (including phenoxy) is 1. The predicted octanol–water partition coefficient (Wildman–Crippen LogP) is 3.96. The number of carboxylic acids is 2. The lowest BCUT2D eigenvalue weighted by molar-refractivity contribution is -0.159. The number of thiophene rings is 1. The summed E-state index contributed by atoms with van der Waals surface area (Å²) in [6.45, 7) is 4.88. The van der Waals surface area contributed by atoms with Crippen molar-refractivity contribution in [3.63, 3.8) is 0 Å². The van der Waals surface area contributed by atoms with E-state index in [0.29, 0.717) is 0 Å². The van der Waals surface area contributed by atoms with Gasteiger partial charge in [-0.05, 0) is 11.1 Å². The molecule has 1 fully saturated rings. The Hall–Kier alpha value is -3.86. The van der Waals surface area contributed by atoms with Crippen LogP contribution in [0.1, 0.15) is 11.4 Å². The molecule has 0 saturated carbocycles. The van der Waals surface area contributed by atoms with Crippen LogP contribution >= 0.6 is 11.3 Å². The number of carbonyl (C=O) groups is 2. The number of nitrogens with one attached hydrogen (secondary N) is 1. The van der Waals surface area contributed by atoms with Crippen LogP contribution in [-0.4, -0.2) is 63.3 Å². The quantitative estimate of drug-likeness (QED) is 0.333. The van der Waals surface area contributed by atoms with Crippen molar-refractivity contribution in [2.24, 2.45) is 0 Å². The molecule has 2 aromatic carbocycles. The number of fused-ring (bicyclic) bond motifs is 1. The molecule has 10 heteroatoms. The summed E-state index contributed by atoms with van der Waals surface area (Å²) >= 11 is 1.69. The summed E-state index contributed by atoms with van der Waals surface area (Å²) in [7, 11) is 0. The van der Waals surface area contributed by atoms with E-state index < -0.39 is 11.9 Å². The first-order chi connectivity index (χ1) is 17.5. The molecule has 3 N–H and O–H groups in total. The Labute approximate surface area is 212 Å². The second-order valence-corrected chi connectivity index (χ2v) is 8.88. The van der Waals surface area contributed by atoms with E-state index in [-0.39, 0.29) is 0 Å². The molecule has 186 valence electrons. The molecular weight excluding hydrogens is 480 g/mol. The van der Waals surface area contributed by atoms with E-state index in [1.54, 1.807) is 11.3 Å². The summed E-state index contributed by atoms with van der Waals surface area (Å²) < 4.78 is 5.48. The van der Waals surface area contributed by atoms with Crippen molar-refractivity contribution < 1.29 is 24.5 Å². The number of aliphatic carboxylic acids is 2. The summed E-state index contributed by atoms with van der Waals surface area (Å²) in [5.41, 5.74) is 3.61. The van der Waals surface area contributed by atoms with E-state index in [9.17, 15) is 0 Å². The van der Waals surface area contributed by atoms with Gasteiger partial charge in [0.2, 0.25) is 0 Å². The van der Waals surface area contributed by atoms with Crippen LogP contribution < -0.4 is 5.32 Å². The topological polar surface area (TPSA) is 125 Å². The molecule has 1 saturated heterocycles. The van der Waals surface area contributed by atoms with Crippen molar-refractivity contribution in [1.29, 1.82) is 0 Å². The lowest BCUT2D eigenvalue weighted by atomic mass is 10.1. The maximum absolute atomic E-state index is 9.10. The molecule has 9 nitrogen and oxygen atoms in total. The fourth-order valence-corrected chi connectivity index (χ4v) is 4.72. The van der Waals surface area contributed by atoms with Crippen molar-refractivity contribution >= 4 is 39.3 Å². The molecule has 3 heterocycles. The first-order valence-electron chi connectivity index (χ1n) is 11.4. The van der Waals surface area contributed by atoms with Gasteiger partial charge >= 0.3 is 11.9 Å². The molecule has 4 aromatic rings. The molecule has 0 unspecified atom stereocenters. The predicted molar refractivity (Wildman–Crippen MR) is 138 cm³/mol. The van der Waals surface area contributed by atoms with E-state index >= 15 is 0 Å². The maximum Gasteiger partial charge on any atom is 0.414 e. The minimum atomic E-state index is -1.82. The number of aromatic nitrogens is 2. The molecule has 1 aliphatic heterocycles. The molecule has 0 amide bonds. The van der Waals surface area contributed by atoms with Crippen LogP contribution in [-0.2, 0) is 27.4 Å². The third-order valence-corrected chi connectivity index (χ3v) is 6.39. The molecule has 0 spiro atoms. The fourth-order valence-electron chi connectivity index (χ4n) is 3.76. The van der Waals surface area contributed by atoms with Crippen LogP contribution in [0.2, 0.25) is 0 Å². The monoisotopic (exact) mass is 506 g/mol. The van der Waals surface area contributed by atoms with Crippen molar-refractivity contribution in [1.82, 2.24) is 14.9 Å². The maximum atomic E-state index is 9.10. The SMILES string of the molecule is O=C(O)C(=O)O.c1ccc(CNc2nc(CN3CCOCC3)nc3scc(-c4ccccc4)c23)cc1. The Morgan fingerprint density at radius 3 is 2.22 bits per heavy atom. The standard InChI is InChI=1S/C24H24N4OS.C2H2O4/c1-3-7-18(8-4-1)15-25-23-22-20(19-9-5-2-6-10-19)17-30-24(22)27-21(26-23)16-28-11-13-29-14-12-28;3-1(4)2(5)6/h1-10,17H,11-16H2,(H,25,26,27);(H,3,4)(H,5,6). The van der Waals surface area contributed by atoms with Gasteiger partial charge in [-0.25, -0.2) is 19.6 Å². The van der Waals surface area contributed by atoms with Gasteiger partial charge in [0, 0.05) is 30.6 Å². The third-order valence-electron chi connectivity index (χ3n) is 5.52. The highest BCUT2D eigenvalue weighted by Gasteiger charge is 2.18. The molecule has 0 bridgehead atoms. The first-order valence-corrected chi connectivity index (χ1v) is 12.3. The zero-order valence-corrected chi connectivity index (χ0v) is 20.3. The highest BCUT2D eigenvalue weighted by atomic mass is 32.1. The highest BCUT2D eigenvalue weighted by molar-refractivity contribution is 7.17. The van der Waals surface area contributed by atoms with Crippen LogP contribution in [0.25, 0.3) is 21.3 Å². The molecular formula is C26H26N4O5S. The van der Waals surface area contributed by atoms with E-state index in [4.69, 9.17) is 34.5 Å². The lowest BCUT2D eigenvalue weighted by Crippen LogP contribution is -2.36. The average Bonchev–Trinajstić information content (AvgIpc) is 3.33. The molecule has 1 aliphatic rings. The van der Waals surface area contributed by atoms with Crippen LogP contribution in [0.4, 0.5) is 5.82 Å². The summed E-state index contributed by atoms with van der Waals surface area (Å²) in [5.74, 6) is -1.88. The molecule has 0 aliphatic carbocycles. The van der Waals surface area contributed by atoms with Gasteiger partial charge in [0.25, 0.3) is 0 Å². The van der Waals surface area contributed by atoms with E-state index in [1.807, 2.05) is 12.1 Å². The number of morpholine rings is 1. The van der Waals surface area contributed by atoms with Crippen molar-refractivity contribution in [2.45, 2.75) is 13.1 Å². The zero-order valence-electron chi connectivity index (χ0n) is 19.5. The average molecular weight is 507 g/mol. The normalized spacial score (nSPS) is 13.6. The first kappa shape index (κ1) is 25.2. The number of hydrogen-bond acceptors (Lipinski definition) is 8.